The van der Waals surface area contributed by atoms with Gasteiger partial charge in [0.15, 0.2) is 0 Å². The fourth-order valence-electron chi connectivity index (χ4n) is 3.69. The maximum Gasteiger partial charge on any atom is 0.329 e. The van der Waals surface area contributed by atoms with Crippen LogP contribution in [0.3, 0.4) is 0 Å². The van der Waals surface area contributed by atoms with Crippen molar-refractivity contribution < 1.29 is 27.2 Å². The number of furan rings is 1. The van der Waals surface area contributed by atoms with Gasteiger partial charge in [0.2, 0.25) is 10.0 Å². The molecule has 1 heterocycles. The van der Waals surface area contributed by atoms with Crippen molar-refractivity contribution in [2.75, 3.05) is 12.4 Å². The average molecular weight is 561 g/mol. The molecule has 0 atom stereocenters. The number of methoxy groups -OCH3 is 1. The van der Waals surface area contributed by atoms with Crippen LogP contribution in [-0.2, 0) is 32.7 Å². The first-order chi connectivity index (χ1) is 19.2. The molecule has 0 aliphatic rings. The lowest BCUT2D eigenvalue weighted by molar-refractivity contribution is -0.136. The second kappa shape index (κ2) is 12.9. The van der Waals surface area contributed by atoms with Crippen LogP contribution in [0.4, 0.5) is 5.69 Å². The Morgan fingerprint density at radius 2 is 1.68 bits per heavy atom. The van der Waals surface area contributed by atoms with E-state index in [9.17, 15) is 18.0 Å². The Kier molecular flexibility index (Phi) is 9.10. The van der Waals surface area contributed by atoms with Crippen LogP contribution in [0.2, 0.25) is 0 Å². The third-order valence-corrected chi connectivity index (χ3v) is 7.57. The SMILES string of the molecule is COc1cccc(NC(=O)C(=O)N/N=C/c2ccc(CN(Cc3ccccc3)S(=O)(=O)c3ccc(C)cc3)o2)c1. The number of anilines is 1. The largest absolute Gasteiger partial charge is 0.497 e. The van der Waals surface area contributed by atoms with Gasteiger partial charge in [-0.25, -0.2) is 13.8 Å². The van der Waals surface area contributed by atoms with Crippen molar-refractivity contribution in [1.29, 1.82) is 0 Å². The van der Waals surface area contributed by atoms with Crippen molar-refractivity contribution in [1.82, 2.24) is 9.73 Å². The van der Waals surface area contributed by atoms with E-state index in [4.69, 9.17) is 9.15 Å². The number of aryl methyl sites for hydroxylation is 1. The molecule has 2 N–H and O–H groups in total. The lowest BCUT2D eigenvalue weighted by Gasteiger charge is -2.21. The van der Waals surface area contributed by atoms with E-state index in [-0.39, 0.29) is 23.7 Å². The van der Waals surface area contributed by atoms with Crippen molar-refractivity contribution in [3.8, 4) is 5.75 Å². The summed E-state index contributed by atoms with van der Waals surface area (Å²) in [6, 6.07) is 25.7. The first kappa shape index (κ1) is 28.3. The van der Waals surface area contributed by atoms with Gasteiger partial charge in [-0.15, -0.1) is 0 Å². The van der Waals surface area contributed by atoms with Gasteiger partial charge < -0.3 is 14.5 Å². The summed E-state index contributed by atoms with van der Waals surface area (Å²) in [6.07, 6.45) is 1.22. The molecule has 0 aliphatic heterocycles. The molecule has 11 heteroatoms. The van der Waals surface area contributed by atoms with Gasteiger partial charge in [0.25, 0.3) is 0 Å². The third kappa shape index (κ3) is 7.43. The molecule has 0 saturated heterocycles. The van der Waals surface area contributed by atoms with Crippen molar-refractivity contribution in [2.24, 2.45) is 5.10 Å². The Labute approximate surface area is 232 Å². The molecule has 0 unspecified atom stereocenters. The number of carbonyl (C=O) groups is 2. The van der Waals surface area contributed by atoms with E-state index in [0.29, 0.717) is 17.2 Å². The Balaban J connectivity index is 1.42. The lowest BCUT2D eigenvalue weighted by atomic mass is 10.2. The number of nitrogens with one attached hydrogen (secondary N) is 2. The molecular formula is C29H28N4O6S. The van der Waals surface area contributed by atoms with Gasteiger partial charge in [-0.2, -0.15) is 9.41 Å². The molecule has 3 aromatic carbocycles. The van der Waals surface area contributed by atoms with Crippen molar-refractivity contribution in [3.05, 3.63) is 114 Å². The average Bonchev–Trinajstić information content (AvgIpc) is 3.40. The number of hydrogen-bond donors (Lipinski definition) is 2. The molecule has 0 aliphatic carbocycles. The van der Waals surface area contributed by atoms with Crippen molar-refractivity contribution in [3.63, 3.8) is 0 Å². The number of benzene rings is 3. The van der Waals surface area contributed by atoms with E-state index in [1.54, 1.807) is 60.7 Å². The first-order valence-corrected chi connectivity index (χ1v) is 13.7. The Hall–Kier alpha value is -4.74. The highest BCUT2D eigenvalue weighted by atomic mass is 32.2. The standard InChI is InChI=1S/C29H28N4O6S/c1-21-11-15-27(16-12-21)40(36,37)33(19-22-7-4-3-5-8-22)20-26-14-13-25(39-26)18-30-32-29(35)28(34)31-23-9-6-10-24(17-23)38-2/h3-18H,19-20H2,1-2H3,(H,31,34)(H,32,35)/b30-18+. The van der Waals surface area contributed by atoms with Crippen LogP contribution in [0.25, 0.3) is 0 Å². The predicted molar refractivity (Wildman–Crippen MR) is 150 cm³/mol. The molecule has 10 nitrogen and oxygen atoms in total. The van der Waals surface area contributed by atoms with E-state index in [2.05, 4.69) is 15.8 Å². The molecule has 0 spiro atoms. The van der Waals surface area contributed by atoms with Crippen LogP contribution in [0.15, 0.2) is 105 Å². The maximum absolute atomic E-state index is 13.5. The van der Waals surface area contributed by atoms with Gasteiger partial charge in [-0.3, -0.25) is 9.59 Å². The summed E-state index contributed by atoms with van der Waals surface area (Å²) < 4.78 is 39.2. The molecule has 0 saturated carbocycles. The Morgan fingerprint density at radius 1 is 0.925 bits per heavy atom. The number of hydrazone groups is 1. The molecular weight excluding hydrogens is 532 g/mol. The Bertz CT molecular complexity index is 1600. The normalized spacial score (nSPS) is 11.5. The molecule has 206 valence electrons. The number of sulfonamides is 1. The summed E-state index contributed by atoms with van der Waals surface area (Å²) in [5.41, 5.74) is 4.30. The summed E-state index contributed by atoms with van der Waals surface area (Å²) in [7, 11) is -2.35. The molecule has 0 bridgehead atoms. The fraction of sp³-hybridized carbons (Fsp3) is 0.138. The van der Waals surface area contributed by atoms with E-state index in [1.165, 1.54) is 17.6 Å². The van der Waals surface area contributed by atoms with E-state index >= 15 is 0 Å². The topological polar surface area (TPSA) is 130 Å². The van der Waals surface area contributed by atoms with Gasteiger partial charge >= 0.3 is 11.8 Å². The first-order valence-electron chi connectivity index (χ1n) is 12.2. The molecule has 1 aromatic heterocycles. The molecule has 2 amide bonds. The number of amides is 2. The zero-order valence-corrected chi connectivity index (χ0v) is 22.7. The fourth-order valence-corrected chi connectivity index (χ4v) is 5.08. The van der Waals surface area contributed by atoms with E-state index in [0.717, 1.165) is 11.1 Å². The molecule has 4 rings (SSSR count). The molecule has 40 heavy (non-hydrogen) atoms. The summed E-state index contributed by atoms with van der Waals surface area (Å²) in [5.74, 6) is -0.739. The number of hydrogen-bond acceptors (Lipinski definition) is 7. The molecule has 4 aromatic rings. The van der Waals surface area contributed by atoms with Crippen molar-refractivity contribution >= 4 is 33.7 Å². The minimum atomic E-state index is -3.84. The van der Waals surface area contributed by atoms with Crippen LogP contribution in [0, 0.1) is 6.92 Å². The van der Waals surface area contributed by atoms with Gasteiger partial charge in [0.1, 0.15) is 17.3 Å². The zero-order chi connectivity index (χ0) is 28.5. The Morgan fingerprint density at radius 3 is 2.40 bits per heavy atom. The molecule has 0 fully saturated rings. The monoisotopic (exact) mass is 560 g/mol. The summed E-state index contributed by atoms with van der Waals surface area (Å²) in [6.45, 7) is 1.99. The second-order valence-corrected chi connectivity index (χ2v) is 10.7. The highest BCUT2D eigenvalue weighted by Gasteiger charge is 2.26. The minimum absolute atomic E-state index is 0.0335. The van der Waals surface area contributed by atoms with E-state index in [1.807, 2.05) is 37.3 Å². The number of nitrogens with zero attached hydrogens (tertiary/aromatic N) is 2. The highest BCUT2D eigenvalue weighted by Crippen LogP contribution is 2.22. The summed E-state index contributed by atoms with van der Waals surface area (Å²) in [5, 5.41) is 6.22. The third-order valence-electron chi connectivity index (χ3n) is 5.77. The van der Waals surface area contributed by atoms with Crippen LogP contribution < -0.4 is 15.5 Å². The number of rotatable bonds is 10. The van der Waals surface area contributed by atoms with E-state index < -0.39 is 21.8 Å². The summed E-state index contributed by atoms with van der Waals surface area (Å²) in [4.78, 5) is 24.4. The van der Waals surface area contributed by atoms with Crippen LogP contribution in [-0.4, -0.2) is 37.9 Å². The number of carbonyl (C=O) groups excluding carboxylic acids is 2. The molecule has 0 radical (unpaired) electrons. The van der Waals surface area contributed by atoms with Gasteiger partial charge in [0, 0.05) is 18.3 Å². The van der Waals surface area contributed by atoms with Gasteiger partial charge in [0.05, 0.1) is 24.8 Å². The number of ether oxygens (including phenoxy) is 1. The van der Waals surface area contributed by atoms with Crippen LogP contribution in [0.5, 0.6) is 5.75 Å². The quantitative estimate of drug-likeness (QED) is 0.171. The second-order valence-electron chi connectivity index (χ2n) is 8.76. The van der Waals surface area contributed by atoms with Crippen molar-refractivity contribution in [2.45, 2.75) is 24.9 Å². The maximum atomic E-state index is 13.5. The predicted octanol–water partition coefficient (Wildman–Crippen LogP) is 4.08. The zero-order valence-electron chi connectivity index (χ0n) is 21.9. The smallest absolute Gasteiger partial charge is 0.329 e. The highest BCUT2D eigenvalue weighted by molar-refractivity contribution is 7.89. The minimum Gasteiger partial charge on any atom is -0.497 e. The van der Waals surface area contributed by atoms with Gasteiger partial charge in [-0.05, 0) is 48.9 Å². The lowest BCUT2D eigenvalue weighted by Crippen LogP contribution is -2.32. The summed E-state index contributed by atoms with van der Waals surface area (Å²) >= 11 is 0. The van der Waals surface area contributed by atoms with Crippen LogP contribution in [0.1, 0.15) is 22.6 Å². The van der Waals surface area contributed by atoms with Gasteiger partial charge in [-0.1, -0.05) is 54.1 Å². The van der Waals surface area contributed by atoms with Crippen LogP contribution >= 0.6 is 0 Å².